The number of aryl methyl sites for hydroxylation is 1. The number of aliphatic hydroxyl groups is 1. The molecule has 1 saturated heterocycles. The first kappa shape index (κ1) is 20.3. The van der Waals surface area contributed by atoms with E-state index in [9.17, 15) is 9.90 Å². The van der Waals surface area contributed by atoms with Gasteiger partial charge in [-0.3, -0.25) is 9.69 Å². The zero-order valence-corrected chi connectivity index (χ0v) is 17.6. The van der Waals surface area contributed by atoms with E-state index in [1.807, 2.05) is 49.1 Å². The number of hydrogen-bond acceptors (Lipinski definition) is 5. The van der Waals surface area contributed by atoms with Gasteiger partial charge in [-0.2, -0.15) is 0 Å². The molecule has 1 N–H and O–H groups in total. The third-order valence-corrected chi connectivity index (χ3v) is 6.85. The van der Waals surface area contributed by atoms with Crippen molar-refractivity contribution in [3.63, 3.8) is 0 Å². The molecule has 5 nitrogen and oxygen atoms in total. The van der Waals surface area contributed by atoms with Crippen LogP contribution in [0.25, 0.3) is 0 Å². The molecule has 0 radical (unpaired) electrons. The van der Waals surface area contributed by atoms with Gasteiger partial charge in [0.15, 0.2) is 6.61 Å². The molecule has 1 amide bonds. The summed E-state index contributed by atoms with van der Waals surface area (Å²) < 4.78 is 5.83. The van der Waals surface area contributed by atoms with E-state index in [4.69, 9.17) is 4.74 Å². The molecule has 0 saturated carbocycles. The van der Waals surface area contributed by atoms with Crippen LogP contribution in [0.15, 0.2) is 53.4 Å². The van der Waals surface area contributed by atoms with Gasteiger partial charge < -0.3 is 14.7 Å². The Kier molecular flexibility index (Phi) is 6.43. The molecule has 29 heavy (non-hydrogen) atoms. The van der Waals surface area contributed by atoms with Gasteiger partial charge in [-0.25, -0.2) is 0 Å². The van der Waals surface area contributed by atoms with Crippen LogP contribution in [0.2, 0.25) is 0 Å². The number of likely N-dealkylation sites (N-methyl/N-ethyl adjacent to an activating group) is 1. The minimum Gasteiger partial charge on any atom is -0.484 e. The standard InChI is InChI=1S/C23H28N2O3S/c1-24(23(27)16-28-20-8-7-18-10-12-29-22(18)13-20)21(17-5-3-2-4-6-17)15-25-11-9-19(26)14-25/h2-8,13,19,21,26H,9-12,14-16H2,1H3. The molecule has 154 valence electrons. The first-order valence-corrected chi connectivity index (χ1v) is 11.2. The van der Waals surface area contributed by atoms with E-state index in [2.05, 4.69) is 23.1 Å². The Bertz CT molecular complexity index is 845. The van der Waals surface area contributed by atoms with Crippen molar-refractivity contribution in [3.8, 4) is 5.75 Å². The first-order valence-electron chi connectivity index (χ1n) is 10.2. The molecular formula is C23H28N2O3S. The van der Waals surface area contributed by atoms with E-state index in [-0.39, 0.29) is 24.7 Å². The minimum atomic E-state index is -0.270. The fourth-order valence-corrected chi connectivity index (χ4v) is 5.10. The van der Waals surface area contributed by atoms with Gasteiger partial charge in [-0.05, 0) is 36.1 Å². The fourth-order valence-electron chi connectivity index (χ4n) is 4.01. The Balaban J connectivity index is 1.42. The van der Waals surface area contributed by atoms with Crippen LogP contribution in [0, 0.1) is 0 Å². The van der Waals surface area contributed by atoms with Crippen molar-refractivity contribution in [1.82, 2.24) is 9.80 Å². The minimum absolute atomic E-state index is 0.0198. The van der Waals surface area contributed by atoms with Crippen LogP contribution in [0.5, 0.6) is 5.75 Å². The van der Waals surface area contributed by atoms with Gasteiger partial charge in [0.25, 0.3) is 5.91 Å². The summed E-state index contributed by atoms with van der Waals surface area (Å²) in [5.41, 5.74) is 2.46. The lowest BCUT2D eigenvalue weighted by molar-refractivity contribution is -0.134. The predicted molar refractivity (Wildman–Crippen MR) is 115 cm³/mol. The lowest BCUT2D eigenvalue weighted by Gasteiger charge is -2.32. The number of fused-ring (bicyclic) bond motifs is 1. The Morgan fingerprint density at radius 2 is 2.14 bits per heavy atom. The van der Waals surface area contributed by atoms with Crippen LogP contribution >= 0.6 is 11.8 Å². The van der Waals surface area contributed by atoms with Gasteiger partial charge in [-0.15, -0.1) is 11.8 Å². The summed E-state index contributed by atoms with van der Waals surface area (Å²) in [5.74, 6) is 1.82. The number of aliphatic hydroxyl groups excluding tert-OH is 1. The number of carbonyl (C=O) groups is 1. The molecule has 4 rings (SSSR count). The van der Waals surface area contributed by atoms with Gasteiger partial charge in [0.1, 0.15) is 5.75 Å². The summed E-state index contributed by atoms with van der Waals surface area (Å²) in [7, 11) is 1.84. The highest BCUT2D eigenvalue weighted by molar-refractivity contribution is 7.99. The molecular weight excluding hydrogens is 384 g/mol. The monoisotopic (exact) mass is 412 g/mol. The van der Waals surface area contributed by atoms with Gasteiger partial charge in [0.05, 0.1) is 12.1 Å². The Morgan fingerprint density at radius 3 is 2.90 bits per heavy atom. The SMILES string of the molecule is CN(C(=O)COc1ccc2c(c1)SCC2)C(CN1CCC(O)C1)c1ccccc1. The maximum atomic E-state index is 12.9. The summed E-state index contributed by atoms with van der Waals surface area (Å²) in [6.07, 6.45) is 1.62. The van der Waals surface area contributed by atoms with E-state index in [0.717, 1.165) is 36.5 Å². The summed E-state index contributed by atoms with van der Waals surface area (Å²) in [5, 5.41) is 9.86. The van der Waals surface area contributed by atoms with Gasteiger partial charge in [-0.1, -0.05) is 36.4 Å². The first-order chi connectivity index (χ1) is 14.1. The highest BCUT2D eigenvalue weighted by atomic mass is 32.2. The number of benzene rings is 2. The summed E-state index contributed by atoms with van der Waals surface area (Å²) in [6, 6.07) is 16.1. The highest BCUT2D eigenvalue weighted by Gasteiger charge is 2.28. The smallest absolute Gasteiger partial charge is 0.260 e. The number of carbonyl (C=O) groups excluding carboxylic acids is 1. The molecule has 1 fully saturated rings. The number of rotatable bonds is 7. The molecule has 0 bridgehead atoms. The predicted octanol–water partition coefficient (Wildman–Crippen LogP) is 2.98. The van der Waals surface area contributed by atoms with Crippen molar-refractivity contribution < 1.29 is 14.6 Å². The molecule has 0 aromatic heterocycles. The lowest BCUT2D eigenvalue weighted by Crippen LogP contribution is -2.40. The van der Waals surface area contributed by atoms with E-state index >= 15 is 0 Å². The van der Waals surface area contributed by atoms with Gasteiger partial charge >= 0.3 is 0 Å². The van der Waals surface area contributed by atoms with E-state index in [1.54, 1.807) is 4.90 Å². The summed E-state index contributed by atoms with van der Waals surface area (Å²) in [6.45, 7) is 2.25. The molecule has 2 heterocycles. The highest BCUT2D eigenvalue weighted by Crippen LogP contribution is 2.34. The molecule has 6 heteroatoms. The van der Waals surface area contributed by atoms with E-state index in [0.29, 0.717) is 13.1 Å². The molecule has 0 aliphatic carbocycles. The van der Waals surface area contributed by atoms with Crippen LogP contribution in [0.1, 0.15) is 23.6 Å². The fraction of sp³-hybridized carbons (Fsp3) is 0.435. The second-order valence-electron chi connectivity index (χ2n) is 7.79. The topological polar surface area (TPSA) is 53.0 Å². The zero-order valence-electron chi connectivity index (χ0n) is 16.8. The molecule has 2 aliphatic rings. The van der Waals surface area contributed by atoms with Crippen molar-refractivity contribution in [1.29, 1.82) is 0 Å². The number of amides is 1. The van der Waals surface area contributed by atoms with E-state index < -0.39 is 0 Å². The number of hydrogen-bond donors (Lipinski definition) is 1. The maximum absolute atomic E-state index is 12.9. The van der Waals surface area contributed by atoms with Crippen LogP contribution < -0.4 is 4.74 Å². The number of nitrogens with zero attached hydrogens (tertiary/aromatic N) is 2. The molecule has 0 spiro atoms. The maximum Gasteiger partial charge on any atom is 0.260 e. The summed E-state index contributed by atoms with van der Waals surface area (Å²) in [4.78, 5) is 18.2. The summed E-state index contributed by atoms with van der Waals surface area (Å²) >= 11 is 1.84. The Morgan fingerprint density at radius 1 is 1.31 bits per heavy atom. The molecule has 2 atom stereocenters. The van der Waals surface area contributed by atoms with E-state index in [1.165, 1.54) is 10.5 Å². The number of thioether (sulfide) groups is 1. The lowest BCUT2D eigenvalue weighted by atomic mass is 10.0. The van der Waals surface area contributed by atoms with Crippen molar-refractivity contribution in [2.45, 2.75) is 29.9 Å². The average molecular weight is 413 g/mol. The largest absolute Gasteiger partial charge is 0.484 e. The number of ether oxygens (including phenoxy) is 1. The average Bonchev–Trinajstić information content (AvgIpc) is 3.38. The quantitative estimate of drug-likeness (QED) is 0.758. The van der Waals surface area contributed by atoms with Crippen LogP contribution in [0.3, 0.4) is 0 Å². The number of β-amino-alcohol motifs (C(OH)–C–C–N with tert-alkyl or cyclic N) is 1. The van der Waals surface area contributed by atoms with Crippen LogP contribution in [0.4, 0.5) is 0 Å². The van der Waals surface area contributed by atoms with Crippen molar-refractivity contribution in [2.24, 2.45) is 0 Å². The van der Waals surface area contributed by atoms with Gasteiger partial charge in [0.2, 0.25) is 0 Å². The normalized spacial score (nSPS) is 19.7. The zero-order chi connectivity index (χ0) is 20.2. The van der Waals surface area contributed by atoms with Crippen molar-refractivity contribution in [3.05, 3.63) is 59.7 Å². The van der Waals surface area contributed by atoms with Crippen LogP contribution in [-0.4, -0.2) is 66.0 Å². The molecule has 2 aromatic rings. The van der Waals surface area contributed by atoms with Crippen molar-refractivity contribution in [2.75, 3.05) is 39.0 Å². The van der Waals surface area contributed by atoms with Crippen LogP contribution in [-0.2, 0) is 11.2 Å². The Labute approximate surface area is 176 Å². The molecule has 2 aliphatic heterocycles. The molecule has 2 unspecified atom stereocenters. The Hall–Kier alpha value is -2.02. The third kappa shape index (κ3) is 4.94. The van der Waals surface area contributed by atoms with Gasteiger partial charge in [0, 0.05) is 37.3 Å². The second-order valence-corrected chi connectivity index (χ2v) is 8.93. The second kappa shape index (κ2) is 9.20. The molecule has 2 aromatic carbocycles. The van der Waals surface area contributed by atoms with Crippen molar-refractivity contribution >= 4 is 17.7 Å². The third-order valence-electron chi connectivity index (χ3n) is 5.75. The number of likely N-dealkylation sites (tertiary alicyclic amines) is 1.